The summed E-state index contributed by atoms with van der Waals surface area (Å²) in [5.41, 5.74) is 0. The molecular formula is C16H29N7O. The summed E-state index contributed by atoms with van der Waals surface area (Å²) >= 11 is 0. The Morgan fingerprint density at radius 3 is 2.62 bits per heavy atom. The van der Waals surface area contributed by atoms with Crippen molar-refractivity contribution in [2.75, 3.05) is 48.8 Å². The molecule has 3 heterocycles. The largest absolute Gasteiger partial charge is 0.395 e. The zero-order valence-corrected chi connectivity index (χ0v) is 14.9. The van der Waals surface area contributed by atoms with E-state index < -0.39 is 0 Å². The molecule has 2 bridgehead atoms. The number of nitrogens with one attached hydrogen (secondary N) is 2. The third kappa shape index (κ3) is 3.87. The van der Waals surface area contributed by atoms with Gasteiger partial charge in [-0.05, 0) is 40.2 Å². The van der Waals surface area contributed by atoms with E-state index >= 15 is 0 Å². The number of rotatable bonds is 6. The number of nitrogens with zero attached hydrogens (tertiary/aromatic N) is 5. The van der Waals surface area contributed by atoms with Gasteiger partial charge in [-0.2, -0.15) is 15.0 Å². The first-order chi connectivity index (χ1) is 11.6. The van der Waals surface area contributed by atoms with Crippen LogP contribution in [0.15, 0.2) is 0 Å². The second-order valence-corrected chi connectivity index (χ2v) is 7.02. The lowest BCUT2D eigenvalue weighted by Crippen LogP contribution is -2.37. The lowest BCUT2D eigenvalue weighted by Gasteiger charge is -2.26. The Bertz CT molecular complexity index is 553. The monoisotopic (exact) mass is 335 g/mol. The van der Waals surface area contributed by atoms with Crippen LogP contribution in [0.1, 0.15) is 33.1 Å². The molecule has 2 aliphatic rings. The molecule has 2 fully saturated rings. The topological polar surface area (TPSA) is 89.4 Å². The van der Waals surface area contributed by atoms with E-state index in [2.05, 4.69) is 56.3 Å². The van der Waals surface area contributed by atoms with Crippen LogP contribution in [-0.4, -0.2) is 76.4 Å². The van der Waals surface area contributed by atoms with E-state index in [0.29, 0.717) is 30.5 Å². The molecule has 8 heteroatoms. The first kappa shape index (κ1) is 17.2. The molecule has 2 aliphatic heterocycles. The fourth-order valence-corrected chi connectivity index (χ4v) is 3.57. The third-order valence-corrected chi connectivity index (χ3v) is 4.87. The Kier molecular flexibility index (Phi) is 5.35. The fourth-order valence-electron chi connectivity index (χ4n) is 3.57. The molecule has 0 spiro atoms. The molecule has 2 atom stereocenters. The molecule has 134 valence electrons. The standard InChI is InChI=1S/C16H29N7O/c1-11(2)18-15-19-14(17-7-9-24)20-16(21-15)23-8-6-12-4-5-13(10-23)22(12)3/h11-13,24H,4-10H2,1-3H3,(H2,17,18,19,20,21). The summed E-state index contributed by atoms with van der Waals surface area (Å²) in [5.74, 6) is 1.81. The molecule has 2 unspecified atom stereocenters. The van der Waals surface area contributed by atoms with Gasteiger partial charge in [0.15, 0.2) is 0 Å². The smallest absolute Gasteiger partial charge is 0.232 e. The minimum Gasteiger partial charge on any atom is -0.395 e. The van der Waals surface area contributed by atoms with Gasteiger partial charge in [-0.15, -0.1) is 0 Å². The average Bonchev–Trinajstić information content (AvgIpc) is 2.77. The van der Waals surface area contributed by atoms with E-state index in [-0.39, 0.29) is 12.6 Å². The lowest BCUT2D eigenvalue weighted by atomic mass is 10.1. The van der Waals surface area contributed by atoms with Crippen LogP contribution in [0, 0.1) is 0 Å². The van der Waals surface area contributed by atoms with Crippen molar-refractivity contribution < 1.29 is 5.11 Å². The fraction of sp³-hybridized carbons (Fsp3) is 0.812. The van der Waals surface area contributed by atoms with Crippen LogP contribution in [0.3, 0.4) is 0 Å². The molecule has 0 amide bonds. The summed E-state index contributed by atoms with van der Waals surface area (Å²) in [7, 11) is 2.24. The van der Waals surface area contributed by atoms with Gasteiger partial charge in [0.2, 0.25) is 17.8 Å². The molecule has 24 heavy (non-hydrogen) atoms. The van der Waals surface area contributed by atoms with Crippen LogP contribution in [0.25, 0.3) is 0 Å². The number of hydrogen-bond acceptors (Lipinski definition) is 8. The van der Waals surface area contributed by atoms with Crippen LogP contribution in [0.5, 0.6) is 0 Å². The quantitative estimate of drug-likeness (QED) is 0.702. The molecule has 2 saturated heterocycles. The summed E-state index contributed by atoms with van der Waals surface area (Å²) in [5, 5.41) is 15.3. The number of hydrogen-bond donors (Lipinski definition) is 3. The highest BCUT2D eigenvalue weighted by molar-refractivity contribution is 5.44. The predicted molar refractivity (Wildman–Crippen MR) is 95.6 cm³/mol. The van der Waals surface area contributed by atoms with Crippen molar-refractivity contribution in [2.45, 2.75) is 51.2 Å². The van der Waals surface area contributed by atoms with E-state index in [1.807, 2.05) is 0 Å². The minimum absolute atomic E-state index is 0.0478. The summed E-state index contributed by atoms with van der Waals surface area (Å²) < 4.78 is 0. The van der Waals surface area contributed by atoms with Crippen molar-refractivity contribution in [3.8, 4) is 0 Å². The molecule has 0 aromatic carbocycles. The SMILES string of the molecule is CC(C)Nc1nc(NCCO)nc(N2CCC3CCC(C2)N3C)n1. The summed E-state index contributed by atoms with van der Waals surface area (Å²) in [6.45, 7) is 6.52. The first-order valence-electron chi connectivity index (χ1n) is 8.91. The van der Waals surface area contributed by atoms with E-state index in [1.165, 1.54) is 12.8 Å². The maximum atomic E-state index is 9.03. The van der Waals surface area contributed by atoms with Gasteiger partial charge in [-0.3, -0.25) is 4.90 Å². The third-order valence-electron chi connectivity index (χ3n) is 4.87. The van der Waals surface area contributed by atoms with Gasteiger partial charge in [0.1, 0.15) is 0 Å². The maximum Gasteiger partial charge on any atom is 0.232 e. The number of aliphatic hydroxyl groups excluding tert-OH is 1. The maximum absolute atomic E-state index is 9.03. The number of likely N-dealkylation sites (N-methyl/N-ethyl adjacent to an activating group) is 1. The minimum atomic E-state index is 0.0478. The van der Waals surface area contributed by atoms with Crippen LogP contribution in [-0.2, 0) is 0 Å². The number of aliphatic hydroxyl groups is 1. The predicted octanol–water partition coefficient (Wildman–Crippen LogP) is 0.769. The van der Waals surface area contributed by atoms with Crippen molar-refractivity contribution in [1.82, 2.24) is 19.9 Å². The normalized spacial score (nSPS) is 24.3. The highest BCUT2D eigenvalue weighted by Gasteiger charge is 2.35. The van der Waals surface area contributed by atoms with Crippen molar-refractivity contribution >= 4 is 17.8 Å². The van der Waals surface area contributed by atoms with Gasteiger partial charge >= 0.3 is 0 Å². The first-order valence-corrected chi connectivity index (χ1v) is 8.91. The summed E-state index contributed by atoms with van der Waals surface area (Å²) in [6.07, 6.45) is 3.69. The van der Waals surface area contributed by atoms with Crippen LogP contribution < -0.4 is 15.5 Å². The molecule has 0 saturated carbocycles. The molecule has 8 nitrogen and oxygen atoms in total. The van der Waals surface area contributed by atoms with Gasteiger partial charge in [-0.25, -0.2) is 0 Å². The lowest BCUT2D eigenvalue weighted by molar-refractivity contribution is 0.254. The highest BCUT2D eigenvalue weighted by atomic mass is 16.3. The number of aromatic nitrogens is 3. The van der Waals surface area contributed by atoms with Crippen LogP contribution in [0.2, 0.25) is 0 Å². The van der Waals surface area contributed by atoms with Gasteiger partial charge in [0, 0.05) is 37.8 Å². The molecule has 1 aromatic heterocycles. The summed E-state index contributed by atoms with van der Waals surface area (Å²) in [4.78, 5) is 18.4. The second-order valence-electron chi connectivity index (χ2n) is 7.02. The Balaban J connectivity index is 1.82. The Morgan fingerprint density at radius 1 is 1.12 bits per heavy atom. The van der Waals surface area contributed by atoms with E-state index in [0.717, 1.165) is 25.5 Å². The molecule has 1 aromatic rings. The van der Waals surface area contributed by atoms with E-state index in [4.69, 9.17) is 5.11 Å². The second kappa shape index (κ2) is 7.48. The van der Waals surface area contributed by atoms with Crippen molar-refractivity contribution in [2.24, 2.45) is 0 Å². The molecular weight excluding hydrogens is 306 g/mol. The van der Waals surface area contributed by atoms with Crippen molar-refractivity contribution in [1.29, 1.82) is 0 Å². The Hall–Kier alpha value is -1.67. The zero-order valence-electron chi connectivity index (χ0n) is 14.9. The Labute approximate surface area is 143 Å². The van der Waals surface area contributed by atoms with Gasteiger partial charge < -0.3 is 20.6 Å². The van der Waals surface area contributed by atoms with Crippen LogP contribution >= 0.6 is 0 Å². The number of fused-ring (bicyclic) bond motifs is 2. The summed E-state index contributed by atoms with van der Waals surface area (Å²) in [6, 6.07) is 1.50. The molecule has 3 rings (SSSR count). The molecule has 0 radical (unpaired) electrons. The number of anilines is 3. The molecule has 0 aliphatic carbocycles. The van der Waals surface area contributed by atoms with Gasteiger partial charge in [-0.1, -0.05) is 0 Å². The van der Waals surface area contributed by atoms with E-state index in [9.17, 15) is 0 Å². The van der Waals surface area contributed by atoms with Crippen molar-refractivity contribution in [3.05, 3.63) is 0 Å². The van der Waals surface area contributed by atoms with Gasteiger partial charge in [0.25, 0.3) is 0 Å². The zero-order chi connectivity index (χ0) is 17.1. The Morgan fingerprint density at radius 2 is 1.88 bits per heavy atom. The average molecular weight is 335 g/mol. The van der Waals surface area contributed by atoms with E-state index in [1.54, 1.807) is 0 Å². The molecule has 3 N–H and O–H groups in total. The van der Waals surface area contributed by atoms with Gasteiger partial charge in [0.05, 0.1) is 6.61 Å². The van der Waals surface area contributed by atoms with Crippen molar-refractivity contribution in [3.63, 3.8) is 0 Å². The van der Waals surface area contributed by atoms with Crippen LogP contribution in [0.4, 0.5) is 17.8 Å². The highest BCUT2D eigenvalue weighted by Crippen LogP contribution is 2.30.